The molecule has 0 fully saturated rings. The standard InChI is InChI=1S/C22H22N2O/c1-4-16-24(17-5-2)21-14-12-20(13-15-21)22(25)23(6-3)18-19-10-8-7-9-11-19/h1-2,7-15H,6,16-18H2,3H3. The molecule has 0 aromatic heterocycles. The molecule has 1 amide bonds. The van der Waals surface area contributed by atoms with Gasteiger partial charge in [0.05, 0.1) is 13.1 Å². The molecule has 0 heterocycles. The molecule has 0 N–H and O–H groups in total. The van der Waals surface area contributed by atoms with Crippen LogP contribution >= 0.6 is 0 Å². The van der Waals surface area contributed by atoms with Gasteiger partial charge in [0.25, 0.3) is 5.91 Å². The van der Waals surface area contributed by atoms with Crippen LogP contribution in [0.3, 0.4) is 0 Å². The Morgan fingerprint density at radius 3 is 2.08 bits per heavy atom. The lowest BCUT2D eigenvalue weighted by molar-refractivity contribution is 0.0752. The Bertz CT molecular complexity index is 750. The molecule has 0 unspecified atom stereocenters. The van der Waals surface area contributed by atoms with Gasteiger partial charge < -0.3 is 9.80 Å². The third-order valence-electron chi connectivity index (χ3n) is 3.93. The minimum absolute atomic E-state index is 0.0124. The zero-order chi connectivity index (χ0) is 18.1. The molecule has 0 aliphatic carbocycles. The molecule has 0 saturated carbocycles. The minimum atomic E-state index is 0.0124. The lowest BCUT2D eigenvalue weighted by atomic mass is 10.1. The summed E-state index contributed by atoms with van der Waals surface area (Å²) in [6.07, 6.45) is 10.8. The van der Waals surface area contributed by atoms with Crippen molar-refractivity contribution in [2.75, 3.05) is 24.5 Å². The predicted molar refractivity (Wildman–Crippen MR) is 103 cm³/mol. The molecule has 2 aromatic rings. The van der Waals surface area contributed by atoms with Crippen LogP contribution in [0, 0.1) is 24.7 Å². The number of carbonyl (C=O) groups excluding carboxylic acids is 1. The van der Waals surface area contributed by atoms with E-state index in [9.17, 15) is 4.79 Å². The summed E-state index contributed by atoms with van der Waals surface area (Å²) >= 11 is 0. The number of anilines is 1. The molecule has 0 atom stereocenters. The highest BCUT2D eigenvalue weighted by molar-refractivity contribution is 5.94. The Balaban J connectivity index is 2.13. The van der Waals surface area contributed by atoms with E-state index in [0.717, 1.165) is 11.3 Å². The number of amides is 1. The monoisotopic (exact) mass is 330 g/mol. The molecule has 25 heavy (non-hydrogen) atoms. The third kappa shape index (κ3) is 4.90. The molecular formula is C22H22N2O. The summed E-state index contributed by atoms with van der Waals surface area (Å²) < 4.78 is 0. The number of benzene rings is 2. The molecule has 0 aliphatic heterocycles. The highest BCUT2D eigenvalue weighted by atomic mass is 16.2. The Labute approximate surface area is 150 Å². The molecule has 0 aliphatic rings. The molecule has 0 spiro atoms. The zero-order valence-electron chi connectivity index (χ0n) is 14.5. The van der Waals surface area contributed by atoms with E-state index in [1.165, 1.54) is 0 Å². The number of nitrogens with zero attached hydrogens (tertiary/aromatic N) is 2. The van der Waals surface area contributed by atoms with Gasteiger partial charge in [-0.3, -0.25) is 4.79 Å². The van der Waals surface area contributed by atoms with Crippen LogP contribution in [0.2, 0.25) is 0 Å². The summed E-state index contributed by atoms with van der Waals surface area (Å²) in [4.78, 5) is 16.5. The van der Waals surface area contributed by atoms with Gasteiger partial charge in [0.15, 0.2) is 0 Å². The van der Waals surface area contributed by atoms with Gasteiger partial charge in [-0.15, -0.1) is 12.8 Å². The van der Waals surface area contributed by atoms with Crippen molar-refractivity contribution in [1.82, 2.24) is 4.90 Å². The first-order valence-electron chi connectivity index (χ1n) is 8.24. The van der Waals surface area contributed by atoms with Crippen LogP contribution in [0.25, 0.3) is 0 Å². The van der Waals surface area contributed by atoms with Crippen molar-refractivity contribution in [3.8, 4) is 24.7 Å². The second kappa shape index (κ2) is 9.21. The number of carbonyl (C=O) groups is 1. The summed E-state index contributed by atoms with van der Waals surface area (Å²) in [6.45, 7) is 4.10. The van der Waals surface area contributed by atoms with Crippen LogP contribution in [-0.4, -0.2) is 30.4 Å². The van der Waals surface area contributed by atoms with E-state index in [1.54, 1.807) is 0 Å². The van der Waals surface area contributed by atoms with Crippen LogP contribution in [0.5, 0.6) is 0 Å². The Morgan fingerprint density at radius 1 is 0.960 bits per heavy atom. The lowest BCUT2D eigenvalue weighted by Gasteiger charge is -2.22. The Morgan fingerprint density at radius 2 is 1.56 bits per heavy atom. The maximum Gasteiger partial charge on any atom is 0.254 e. The second-order valence-electron chi connectivity index (χ2n) is 5.62. The average molecular weight is 330 g/mol. The molecule has 2 aromatic carbocycles. The van der Waals surface area contributed by atoms with E-state index in [1.807, 2.05) is 71.3 Å². The zero-order valence-corrected chi connectivity index (χ0v) is 14.5. The first-order valence-corrected chi connectivity index (χ1v) is 8.24. The molecule has 0 bridgehead atoms. The van der Waals surface area contributed by atoms with Crippen molar-refractivity contribution in [1.29, 1.82) is 0 Å². The van der Waals surface area contributed by atoms with E-state index >= 15 is 0 Å². The fourth-order valence-corrected chi connectivity index (χ4v) is 2.59. The van der Waals surface area contributed by atoms with Gasteiger partial charge >= 0.3 is 0 Å². The van der Waals surface area contributed by atoms with Gasteiger partial charge in [-0.25, -0.2) is 0 Å². The highest BCUT2D eigenvalue weighted by Crippen LogP contribution is 2.17. The van der Waals surface area contributed by atoms with E-state index < -0.39 is 0 Å². The molecule has 3 nitrogen and oxygen atoms in total. The highest BCUT2D eigenvalue weighted by Gasteiger charge is 2.15. The number of hydrogen-bond donors (Lipinski definition) is 0. The van der Waals surface area contributed by atoms with Gasteiger partial charge in [-0.2, -0.15) is 0 Å². The molecule has 2 rings (SSSR count). The fourth-order valence-electron chi connectivity index (χ4n) is 2.59. The first-order chi connectivity index (χ1) is 12.2. The Kier molecular flexibility index (Phi) is 6.69. The summed E-state index contributed by atoms with van der Waals surface area (Å²) in [5, 5.41) is 0. The molecule has 126 valence electrons. The maximum absolute atomic E-state index is 12.8. The third-order valence-corrected chi connectivity index (χ3v) is 3.93. The van der Waals surface area contributed by atoms with E-state index in [-0.39, 0.29) is 5.91 Å². The van der Waals surface area contributed by atoms with Crippen LogP contribution in [0.1, 0.15) is 22.8 Å². The average Bonchev–Trinajstić information content (AvgIpc) is 2.66. The smallest absolute Gasteiger partial charge is 0.254 e. The van der Waals surface area contributed by atoms with Gasteiger partial charge in [-0.05, 0) is 36.8 Å². The van der Waals surface area contributed by atoms with Crippen molar-refractivity contribution in [2.24, 2.45) is 0 Å². The van der Waals surface area contributed by atoms with Crippen molar-refractivity contribution >= 4 is 11.6 Å². The number of hydrogen-bond acceptors (Lipinski definition) is 2. The van der Waals surface area contributed by atoms with Crippen LogP contribution in [0.4, 0.5) is 5.69 Å². The largest absolute Gasteiger partial charge is 0.349 e. The van der Waals surface area contributed by atoms with E-state index in [2.05, 4.69) is 11.8 Å². The second-order valence-corrected chi connectivity index (χ2v) is 5.62. The summed E-state index contributed by atoms with van der Waals surface area (Å²) in [5.74, 6) is 5.21. The minimum Gasteiger partial charge on any atom is -0.349 e. The Hall–Kier alpha value is -3.17. The van der Waals surface area contributed by atoms with Gasteiger partial charge in [0.2, 0.25) is 0 Å². The van der Waals surface area contributed by atoms with Gasteiger partial charge in [-0.1, -0.05) is 42.2 Å². The maximum atomic E-state index is 12.8. The molecule has 0 radical (unpaired) electrons. The lowest BCUT2D eigenvalue weighted by Crippen LogP contribution is -2.30. The van der Waals surface area contributed by atoms with Crippen molar-refractivity contribution < 1.29 is 4.79 Å². The number of terminal acetylenes is 2. The van der Waals surface area contributed by atoms with Crippen LogP contribution in [-0.2, 0) is 6.54 Å². The van der Waals surface area contributed by atoms with Crippen LogP contribution < -0.4 is 4.90 Å². The predicted octanol–water partition coefficient (Wildman–Crippen LogP) is 3.42. The molecule has 3 heteroatoms. The van der Waals surface area contributed by atoms with Gasteiger partial charge in [0, 0.05) is 24.3 Å². The summed E-state index contributed by atoms with van der Waals surface area (Å²) in [6, 6.07) is 17.4. The summed E-state index contributed by atoms with van der Waals surface area (Å²) in [5.41, 5.74) is 2.69. The number of rotatable bonds is 7. The van der Waals surface area contributed by atoms with Crippen LogP contribution in [0.15, 0.2) is 54.6 Å². The van der Waals surface area contributed by atoms with E-state index in [4.69, 9.17) is 12.8 Å². The quantitative estimate of drug-likeness (QED) is 0.726. The van der Waals surface area contributed by atoms with E-state index in [0.29, 0.717) is 31.7 Å². The van der Waals surface area contributed by atoms with Crippen molar-refractivity contribution in [3.63, 3.8) is 0 Å². The molecule has 0 saturated heterocycles. The van der Waals surface area contributed by atoms with Crippen molar-refractivity contribution in [2.45, 2.75) is 13.5 Å². The SMILES string of the molecule is C#CCN(CC#C)c1ccc(C(=O)N(CC)Cc2ccccc2)cc1. The summed E-state index contributed by atoms with van der Waals surface area (Å²) in [7, 11) is 0. The van der Waals surface area contributed by atoms with Crippen molar-refractivity contribution in [3.05, 3.63) is 65.7 Å². The normalized spacial score (nSPS) is 9.72. The van der Waals surface area contributed by atoms with Gasteiger partial charge in [0.1, 0.15) is 0 Å². The first kappa shape index (κ1) is 18.2. The topological polar surface area (TPSA) is 23.6 Å². The fraction of sp³-hybridized carbons (Fsp3) is 0.227. The molecular weight excluding hydrogens is 308 g/mol.